The lowest BCUT2D eigenvalue weighted by atomic mass is 10.1. The molecule has 0 radical (unpaired) electrons. The van der Waals surface area contributed by atoms with Crippen molar-refractivity contribution in [2.75, 3.05) is 7.11 Å². The van der Waals surface area contributed by atoms with Crippen molar-refractivity contribution in [3.8, 4) is 5.75 Å². The van der Waals surface area contributed by atoms with Gasteiger partial charge in [0, 0.05) is 5.02 Å². The summed E-state index contributed by atoms with van der Waals surface area (Å²) in [6.45, 7) is 0.470. The van der Waals surface area contributed by atoms with Gasteiger partial charge in [0.1, 0.15) is 18.4 Å². The van der Waals surface area contributed by atoms with Crippen molar-refractivity contribution in [2.24, 2.45) is 5.73 Å². The Morgan fingerprint density at radius 1 is 1.09 bits per heavy atom. The molecule has 0 spiro atoms. The zero-order valence-corrected chi connectivity index (χ0v) is 14.3. The summed E-state index contributed by atoms with van der Waals surface area (Å²) in [4.78, 5) is 11.3. The van der Waals surface area contributed by atoms with Gasteiger partial charge in [0.25, 0.3) is 0 Å². The molecule has 4 nitrogen and oxygen atoms in total. The molecule has 0 bridgehead atoms. The molecule has 0 aliphatic heterocycles. The van der Waals surface area contributed by atoms with Gasteiger partial charge < -0.3 is 15.2 Å². The third-order valence-electron chi connectivity index (χ3n) is 3.20. The third kappa shape index (κ3) is 6.10. The molecule has 2 rings (SSSR count). The van der Waals surface area contributed by atoms with E-state index in [1.807, 2.05) is 48.5 Å². The molecule has 124 valence electrons. The largest absolute Gasteiger partial charge is 0.489 e. The third-order valence-corrected chi connectivity index (χ3v) is 3.45. The van der Waals surface area contributed by atoms with Gasteiger partial charge in [0.05, 0.1) is 7.11 Å². The standard InChI is InChI=1S/C17H18ClNO3.ClH/c1-21-17(20)16(19)10-12-4-8-15(9-5-12)22-11-13-2-6-14(18)7-3-13;/h2-9,16H,10-11,19H2,1H3;1H. The van der Waals surface area contributed by atoms with E-state index in [1.54, 1.807) is 0 Å². The molecule has 2 aromatic rings. The first-order valence-electron chi connectivity index (χ1n) is 6.88. The maximum atomic E-state index is 11.3. The Bertz CT molecular complexity index is 615. The highest BCUT2D eigenvalue weighted by molar-refractivity contribution is 6.30. The Morgan fingerprint density at radius 3 is 2.22 bits per heavy atom. The van der Waals surface area contributed by atoms with Crippen molar-refractivity contribution in [1.29, 1.82) is 0 Å². The summed E-state index contributed by atoms with van der Waals surface area (Å²) in [5.74, 6) is 0.341. The first-order valence-corrected chi connectivity index (χ1v) is 7.26. The Labute approximate surface area is 146 Å². The van der Waals surface area contributed by atoms with E-state index in [9.17, 15) is 4.79 Å². The van der Waals surface area contributed by atoms with Crippen LogP contribution in [0.3, 0.4) is 0 Å². The summed E-state index contributed by atoms with van der Waals surface area (Å²) in [6, 6.07) is 14.4. The van der Waals surface area contributed by atoms with E-state index in [0.717, 1.165) is 16.9 Å². The predicted octanol–water partition coefficient (Wildman–Crippen LogP) is 3.38. The van der Waals surface area contributed by atoms with Crippen molar-refractivity contribution < 1.29 is 14.3 Å². The number of esters is 1. The topological polar surface area (TPSA) is 61.5 Å². The van der Waals surface area contributed by atoms with Crippen LogP contribution in [-0.4, -0.2) is 19.1 Å². The van der Waals surface area contributed by atoms with Crippen LogP contribution in [0.25, 0.3) is 0 Å². The second-order valence-corrected chi connectivity index (χ2v) is 5.33. The van der Waals surface area contributed by atoms with Gasteiger partial charge in [-0.2, -0.15) is 0 Å². The molecule has 6 heteroatoms. The number of rotatable bonds is 6. The molecule has 0 amide bonds. The highest BCUT2D eigenvalue weighted by atomic mass is 35.5. The van der Waals surface area contributed by atoms with Crippen LogP contribution >= 0.6 is 24.0 Å². The molecule has 0 saturated carbocycles. The summed E-state index contributed by atoms with van der Waals surface area (Å²) in [7, 11) is 1.33. The van der Waals surface area contributed by atoms with E-state index < -0.39 is 12.0 Å². The fourth-order valence-electron chi connectivity index (χ4n) is 1.96. The van der Waals surface area contributed by atoms with Crippen LogP contribution in [-0.2, 0) is 22.6 Å². The van der Waals surface area contributed by atoms with E-state index in [1.165, 1.54) is 7.11 Å². The molecule has 1 unspecified atom stereocenters. The Hall–Kier alpha value is -1.75. The Kier molecular flexibility index (Phi) is 7.89. The molecule has 0 fully saturated rings. The number of nitrogens with two attached hydrogens (primary N) is 1. The monoisotopic (exact) mass is 355 g/mol. The molecule has 23 heavy (non-hydrogen) atoms. The minimum absolute atomic E-state index is 0. The highest BCUT2D eigenvalue weighted by Gasteiger charge is 2.13. The zero-order valence-electron chi connectivity index (χ0n) is 12.7. The van der Waals surface area contributed by atoms with Crippen LogP contribution in [0.15, 0.2) is 48.5 Å². The summed E-state index contributed by atoms with van der Waals surface area (Å²) in [6.07, 6.45) is 0.435. The van der Waals surface area contributed by atoms with E-state index in [0.29, 0.717) is 18.1 Å². The minimum Gasteiger partial charge on any atom is -0.489 e. The fraction of sp³-hybridized carbons (Fsp3) is 0.235. The van der Waals surface area contributed by atoms with E-state index >= 15 is 0 Å². The smallest absolute Gasteiger partial charge is 0.322 e. The van der Waals surface area contributed by atoms with Gasteiger partial charge in [-0.3, -0.25) is 4.79 Å². The number of carbonyl (C=O) groups excluding carboxylic acids is 1. The SMILES string of the molecule is COC(=O)C(N)Cc1ccc(OCc2ccc(Cl)cc2)cc1.Cl. The number of hydrogen-bond acceptors (Lipinski definition) is 4. The van der Waals surface area contributed by atoms with Crippen LogP contribution in [0, 0.1) is 0 Å². The van der Waals surface area contributed by atoms with Crippen LogP contribution in [0.2, 0.25) is 5.02 Å². The van der Waals surface area contributed by atoms with E-state index in [2.05, 4.69) is 4.74 Å². The Balaban J connectivity index is 0.00000264. The summed E-state index contributed by atoms with van der Waals surface area (Å²) < 4.78 is 10.3. The predicted molar refractivity (Wildman–Crippen MR) is 93.2 cm³/mol. The number of hydrogen-bond donors (Lipinski definition) is 1. The van der Waals surface area contributed by atoms with Crippen LogP contribution in [0.4, 0.5) is 0 Å². The van der Waals surface area contributed by atoms with Crippen molar-refractivity contribution in [1.82, 2.24) is 0 Å². The van der Waals surface area contributed by atoms with Crippen molar-refractivity contribution >= 4 is 30.0 Å². The van der Waals surface area contributed by atoms with Crippen molar-refractivity contribution in [3.05, 3.63) is 64.7 Å². The quantitative estimate of drug-likeness (QED) is 0.806. The average Bonchev–Trinajstić information content (AvgIpc) is 2.55. The molecular formula is C17H19Cl2NO3. The molecule has 2 N–H and O–H groups in total. The van der Waals surface area contributed by atoms with Gasteiger partial charge in [0.15, 0.2) is 0 Å². The molecule has 2 aromatic carbocycles. The molecule has 0 aromatic heterocycles. The number of methoxy groups -OCH3 is 1. The van der Waals surface area contributed by atoms with Gasteiger partial charge in [-0.25, -0.2) is 0 Å². The minimum atomic E-state index is -0.647. The van der Waals surface area contributed by atoms with Gasteiger partial charge in [0.2, 0.25) is 0 Å². The highest BCUT2D eigenvalue weighted by Crippen LogP contribution is 2.16. The first-order chi connectivity index (χ1) is 10.6. The van der Waals surface area contributed by atoms with Crippen LogP contribution in [0.5, 0.6) is 5.75 Å². The van der Waals surface area contributed by atoms with Crippen molar-refractivity contribution in [2.45, 2.75) is 19.1 Å². The number of carbonyl (C=O) groups is 1. The van der Waals surface area contributed by atoms with Crippen LogP contribution < -0.4 is 10.5 Å². The zero-order chi connectivity index (χ0) is 15.9. The lowest BCUT2D eigenvalue weighted by molar-refractivity contribution is -0.142. The first kappa shape index (κ1) is 19.3. The average molecular weight is 356 g/mol. The normalized spacial score (nSPS) is 11.3. The Morgan fingerprint density at radius 2 is 1.65 bits per heavy atom. The molecular weight excluding hydrogens is 337 g/mol. The van der Waals surface area contributed by atoms with Crippen molar-refractivity contribution in [3.63, 3.8) is 0 Å². The molecule has 0 aliphatic carbocycles. The fourth-order valence-corrected chi connectivity index (χ4v) is 2.08. The number of ether oxygens (including phenoxy) is 2. The van der Waals surface area contributed by atoms with Gasteiger partial charge in [-0.15, -0.1) is 12.4 Å². The van der Waals surface area contributed by atoms with Crippen LogP contribution in [0.1, 0.15) is 11.1 Å². The number of halogens is 2. The van der Waals surface area contributed by atoms with E-state index in [4.69, 9.17) is 22.1 Å². The summed E-state index contributed by atoms with van der Waals surface area (Å²) in [5, 5.41) is 0.704. The van der Waals surface area contributed by atoms with Gasteiger partial charge >= 0.3 is 5.97 Å². The van der Waals surface area contributed by atoms with Gasteiger partial charge in [-0.05, 0) is 41.8 Å². The van der Waals surface area contributed by atoms with E-state index in [-0.39, 0.29) is 12.4 Å². The van der Waals surface area contributed by atoms with Gasteiger partial charge in [-0.1, -0.05) is 35.9 Å². The second kappa shape index (κ2) is 9.40. The lowest BCUT2D eigenvalue weighted by Gasteiger charge is -2.10. The molecule has 0 aliphatic rings. The maximum Gasteiger partial charge on any atom is 0.322 e. The maximum absolute atomic E-state index is 11.3. The molecule has 0 saturated heterocycles. The molecule has 1 atom stereocenters. The second-order valence-electron chi connectivity index (χ2n) is 4.89. The number of benzene rings is 2. The lowest BCUT2D eigenvalue weighted by Crippen LogP contribution is -2.33. The molecule has 0 heterocycles. The summed E-state index contributed by atoms with van der Waals surface area (Å²) in [5.41, 5.74) is 7.73. The summed E-state index contributed by atoms with van der Waals surface area (Å²) >= 11 is 5.84.